The molecule has 0 radical (unpaired) electrons. The second-order valence-corrected chi connectivity index (χ2v) is 7.39. The molecule has 0 bridgehead atoms. The molecule has 0 saturated heterocycles. The van der Waals surface area contributed by atoms with Crippen molar-refractivity contribution in [2.75, 3.05) is 11.9 Å². The first-order valence-electron chi connectivity index (χ1n) is 6.96. The van der Waals surface area contributed by atoms with Crippen LogP contribution in [0.2, 0.25) is 0 Å². The lowest BCUT2D eigenvalue weighted by molar-refractivity contribution is 0.584. The van der Waals surface area contributed by atoms with Gasteiger partial charge in [0.25, 0.3) is 0 Å². The third kappa shape index (κ3) is 4.06. The van der Waals surface area contributed by atoms with Gasteiger partial charge < -0.3 is 5.32 Å². The fraction of sp³-hybridized carbons (Fsp3) is 0.333. The van der Waals surface area contributed by atoms with Gasteiger partial charge in [-0.1, -0.05) is 19.9 Å². The molecule has 1 atom stereocenters. The van der Waals surface area contributed by atoms with E-state index in [1.54, 1.807) is 42.5 Å². The minimum Gasteiger partial charge on any atom is -0.377 e. The first kappa shape index (κ1) is 16.0. The van der Waals surface area contributed by atoms with Crippen LogP contribution in [0.15, 0.2) is 46.7 Å². The Labute approximate surface area is 130 Å². The highest BCUT2D eigenvalue weighted by molar-refractivity contribution is 7.89. The zero-order valence-electron chi connectivity index (χ0n) is 12.2. The summed E-state index contributed by atoms with van der Waals surface area (Å²) in [5.74, 6) is 0. The van der Waals surface area contributed by atoms with Crippen molar-refractivity contribution in [3.8, 4) is 0 Å². The van der Waals surface area contributed by atoms with Gasteiger partial charge in [0.2, 0.25) is 10.0 Å². The Balaban J connectivity index is 2.12. The van der Waals surface area contributed by atoms with Crippen LogP contribution in [0.1, 0.15) is 31.2 Å². The maximum absolute atomic E-state index is 11.9. The Hall–Kier alpha value is -1.37. The van der Waals surface area contributed by atoms with Crippen molar-refractivity contribution < 1.29 is 8.42 Å². The van der Waals surface area contributed by atoms with Crippen LogP contribution < -0.4 is 10.0 Å². The number of hydrogen-bond acceptors (Lipinski definition) is 4. The SMILES string of the molecule is CCNS(=O)(=O)c1ccc(NC(CC)c2cccs2)cc1. The minimum atomic E-state index is -3.38. The summed E-state index contributed by atoms with van der Waals surface area (Å²) in [7, 11) is -3.38. The lowest BCUT2D eigenvalue weighted by atomic mass is 10.1. The van der Waals surface area contributed by atoms with Gasteiger partial charge in [-0.2, -0.15) is 0 Å². The molecule has 0 aliphatic heterocycles. The van der Waals surface area contributed by atoms with Crippen LogP contribution in [-0.2, 0) is 10.0 Å². The van der Waals surface area contributed by atoms with Gasteiger partial charge in [-0.25, -0.2) is 13.1 Å². The molecule has 1 aromatic heterocycles. The average Bonchev–Trinajstić information content (AvgIpc) is 2.99. The Morgan fingerprint density at radius 1 is 1.14 bits per heavy atom. The van der Waals surface area contributed by atoms with Gasteiger partial charge in [0, 0.05) is 17.1 Å². The molecule has 0 saturated carbocycles. The fourth-order valence-electron chi connectivity index (χ4n) is 2.07. The fourth-order valence-corrected chi connectivity index (χ4v) is 3.97. The summed E-state index contributed by atoms with van der Waals surface area (Å²) in [5.41, 5.74) is 0.922. The number of thiophene rings is 1. The molecule has 4 nitrogen and oxygen atoms in total. The Morgan fingerprint density at radius 2 is 1.86 bits per heavy atom. The number of benzene rings is 1. The predicted octanol–water partition coefficient (Wildman–Crippen LogP) is 3.61. The van der Waals surface area contributed by atoms with Crippen molar-refractivity contribution in [1.29, 1.82) is 0 Å². The molecule has 2 N–H and O–H groups in total. The van der Waals surface area contributed by atoms with Crippen LogP contribution in [0, 0.1) is 0 Å². The average molecular weight is 324 g/mol. The summed E-state index contributed by atoms with van der Waals surface area (Å²) in [6.45, 7) is 4.28. The van der Waals surface area contributed by atoms with E-state index in [4.69, 9.17) is 0 Å². The Bertz CT molecular complexity index is 649. The van der Waals surface area contributed by atoms with Crippen molar-refractivity contribution in [3.05, 3.63) is 46.7 Å². The summed E-state index contributed by atoms with van der Waals surface area (Å²) in [5, 5.41) is 5.50. The molecule has 2 rings (SSSR count). The maximum atomic E-state index is 11.9. The molecule has 1 heterocycles. The van der Waals surface area contributed by atoms with E-state index in [-0.39, 0.29) is 6.04 Å². The number of sulfonamides is 1. The molecule has 0 fully saturated rings. The highest BCUT2D eigenvalue weighted by Crippen LogP contribution is 2.26. The van der Waals surface area contributed by atoms with Crippen molar-refractivity contribution in [1.82, 2.24) is 4.72 Å². The second-order valence-electron chi connectivity index (χ2n) is 4.65. The number of anilines is 1. The van der Waals surface area contributed by atoms with Crippen LogP contribution in [0.25, 0.3) is 0 Å². The molecule has 6 heteroatoms. The van der Waals surface area contributed by atoms with Gasteiger partial charge in [0.15, 0.2) is 0 Å². The molecule has 1 aromatic carbocycles. The summed E-state index contributed by atoms with van der Waals surface area (Å²) >= 11 is 1.72. The molecular formula is C15H20N2O2S2. The van der Waals surface area contributed by atoms with E-state index in [1.165, 1.54) is 4.88 Å². The van der Waals surface area contributed by atoms with Crippen molar-refractivity contribution in [2.45, 2.75) is 31.2 Å². The molecule has 0 aliphatic rings. The van der Waals surface area contributed by atoms with E-state index in [2.05, 4.69) is 28.4 Å². The van der Waals surface area contributed by atoms with Crippen LogP contribution >= 0.6 is 11.3 Å². The van der Waals surface area contributed by atoms with Crippen LogP contribution in [0.5, 0.6) is 0 Å². The molecule has 21 heavy (non-hydrogen) atoms. The molecule has 0 amide bonds. The number of hydrogen-bond donors (Lipinski definition) is 2. The zero-order valence-corrected chi connectivity index (χ0v) is 13.8. The standard InChI is InChI=1S/C15H20N2O2S2/c1-3-14(15-6-5-11-20-15)17-12-7-9-13(10-8-12)21(18,19)16-4-2/h5-11,14,16-17H,3-4H2,1-2H3. The topological polar surface area (TPSA) is 58.2 Å². The molecular weight excluding hydrogens is 304 g/mol. The zero-order chi connectivity index (χ0) is 15.3. The monoisotopic (exact) mass is 324 g/mol. The smallest absolute Gasteiger partial charge is 0.240 e. The normalized spacial score (nSPS) is 13.0. The van der Waals surface area contributed by atoms with Gasteiger partial charge in [0.05, 0.1) is 10.9 Å². The summed E-state index contributed by atoms with van der Waals surface area (Å²) < 4.78 is 26.2. The van der Waals surface area contributed by atoms with Crippen LogP contribution in [-0.4, -0.2) is 15.0 Å². The third-order valence-corrected chi connectivity index (χ3v) is 5.68. The molecule has 0 spiro atoms. The van der Waals surface area contributed by atoms with Gasteiger partial charge in [-0.3, -0.25) is 0 Å². The lowest BCUT2D eigenvalue weighted by Gasteiger charge is -2.17. The van der Waals surface area contributed by atoms with Crippen molar-refractivity contribution in [3.63, 3.8) is 0 Å². The number of rotatable bonds is 7. The minimum absolute atomic E-state index is 0.251. The van der Waals surface area contributed by atoms with Crippen LogP contribution in [0.4, 0.5) is 5.69 Å². The van der Waals surface area contributed by atoms with E-state index in [9.17, 15) is 8.42 Å². The van der Waals surface area contributed by atoms with Crippen molar-refractivity contribution in [2.24, 2.45) is 0 Å². The van der Waals surface area contributed by atoms with E-state index in [0.717, 1.165) is 12.1 Å². The van der Waals surface area contributed by atoms with Gasteiger partial charge in [-0.05, 0) is 42.1 Å². The Kier molecular flexibility index (Phi) is 5.39. The van der Waals surface area contributed by atoms with Gasteiger partial charge in [-0.15, -0.1) is 11.3 Å². The van der Waals surface area contributed by atoms with E-state index >= 15 is 0 Å². The summed E-state index contributed by atoms with van der Waals surface area (Å²) in [6, 6.07) is 11.3. The lowest BCUT2D eigenvalue weighted by Crippen LogP contribution is -2.23. The van der Waals surface area contributed by atoms with Crippen molar-refractivity contribution >= 4 is 27.0 Å². The molecule has 0 aliphatic carbocycles. The van der Waals surface area contributed by atoms with E-state index in [0.29, 0.717) is 11.4 Å². The molecule has 1 unspecified atom stereocenters. The highest BCUT2D eigenvalue weighted by atomic mass is 32.2. The van der Waals surface area contributed by atoms with E-state index in [1.807, 2.05) is 6.07 Å². The van der Waals surface area contributed by atoms with Crippen LogP contribution in [0.3, 0.4) is 0 Å². The highest BCUT2D eigenvalue weighted by Gasteiger charge is 2.13. The largest absolute Gasteiger partial charge is 0.377 e. The number of nitrogens with one attached hydrogen (secondary N) is 2. The quantitative estimate of drug-likeness (QED) is 0.818. The third-order valence-electron chi connectivity index (χ3n) is 3.13. The predicted molar refractivity (Wildman–Crippen MR) is 88.3 cm³/mol. The van der Waals surface area contributed by atoms with Gasteiger partial charge in [0.1, 0.15) is 0 Å². The Morgan fingerprint density at radius 3 is 2.38 bits per heavy atom. The van der Waals surface area contributed by atoms with Gasteiger partial charge >= 0.3 is 0 Å². The summed E-state index contributed by atoms with van der Waals surface area (Å²) in [4.78, 5) is 1.57. The first-order valence-corrected chi connectivity index (χ1v) is 9.32. The van der Waals surface area contributed by atoms with E-state index < -0.39 is 10.0 Å². The summed E-state index contributed by atoms with van der Waals surface area (Å²) in [6.07, 6.45) is 0.970. The molecule has 114 valence electrons. The maximum Gasteiger partial charge on any atom is 0.240 e. The first-order chi connectivity index (χ1) is 10.1. The molecule has 2 aromatic rings. The second kappa shape index (κ2) is 7.06.